The molecule has 162 valence electrons. The molecule has 1 N–H and O–H groups in total. The van der Waals surface area contributed by atoms with Crippen LogP contribution in [0, 0.1) is 0 Å². The minimum absolute atomic E-state index is 0.0572. The fourth-order valence-corrected chi connectivity index (χ4v) is 3.54. The minimum Gasteiger partial charge on any atom is -0.487 e. The maximum Gasteiger partial charge on any atom is 0.337 e. The van der Waals surface area contributed by atoms with Gasteiger partial charge in [-0.2, -0.15) is 0 Å². The lowest BCUT2D eigenvalue weighted by Crippen LogP contribution is -2.25. The Labute approximate surface area is 186 Å². The van der Waals surface area contributed by atoms with Crippen LogP contribution in [0.2, 0.25) is 0 Å². The number of rotatable bonds is 8. The number of hydrogen-bond acceptors (Lipinski definition) is 8. The van der Waals surface area contributed by atoms with Crippen LogP contribution in [0.5, 0.6) is 5.75 Å². The molecular formula is C21H18N6O4S. The van der Waals surface area contributed by atoms with Crippen LogP contribution in [-0.2, 0) is 13.2 Å². The molecule has 1 aromatic carbocycles. The highest BCUT2D eigenvalue weighted by Gasteiger charge is 2.16. The normalized spacial score (nSPS) is 10.7. The van der Waals surface area contributed by atoms with Crippen LogP contribution in [0.25, 0.3) is 5.69 Å². The number of aromatic carboxylic acids is 1. The Morgan fingerprint density at radius 1 is 1.19 bits per heavy atom. The highest BCUT2D eigenvalue weighted by atomic mass is 32.1. The first-order valence-electron chi connectivity index (χ1n) is 9.46. The van der Waals surface area contributed by atoms with Crippen LogP contribution in [0.15, 0.2) is 60.6 Å². The van der Waals surface area contributed by atoms with Gasteiger partial charge < -0.3 is 14.7 Å². The average molecular weight is 450 g/mol. The number of para-hydroxylation sites is 1. The lowest BCUT2D eigenvalue weighted by molar-refractivity contribution is 0.0695. The third-order valence-corrected chi connectivity index (χ3v) is 5.28. The number of amides is 1. The molecule has 0 aliphatic carbocycles. The van der Waals surface area contributed by atoms with Crippen LogP contribution >= 0.6 is 11.3 Å². The maximum absolute atomic E-state index is 12.5. The second-order valence-electron chi connectivity index (χ2n) is 6.81. The summed E-state index contributed by atoms with van der Waals surface area (Å²) in [6.07, 6.45) is 5.96. The van der Waals surface area contributed by atoms with Gasteiger partial charge in [-0.1, -0.05) is 23.4 Å². The summed E-state index contributed by atoms with van der Waals surface area (Å²) < 4.78 is 7.37. The number of nitrogens with zero attached hydrogens (tertiary/aromatic N) is 6. The van der Waals surface area contributed by atoms with E-state index in [-0.39, 0.29) is 18.1 Å². The number of carbonyl (C=O) groups is 2. The predicted molar refractivity (Wildman–Crippen MR) is 115 cm³/mol. The Morgan fingerprint density at radius 3 is 2.81 bits per heavy atom. The molecule has 0 atom stereocenters. The summed E-state index contributed by atoms with van der Waals surface area (Å²) in [5.74, 6) is -0.554. The van der Waals surface area contributed by atoms with Gasteiger partial charge in [0.15, 0.2) is 0 Å². The highest BCUT2D eigenvalue weighted by Crippen LogP contribution is 2.22. The number of ether oxygens (including phenoxy) is 1. The molecule has 11 heteroatoms. The van der Waals surface area contributed by atoms with E-state index in [1.807, 2.05) is 24.3 Å². The Balaban J connectivity index is 1.43. The third kappa shape index (κ3) is 4.78. The molecule has 0 aliphatic heterocycles. The van der Waals surface area contributed by atoms with Crippen molar-refractivity contribution < 1.29 is 19.4 Å². The van der Waals surface area contributed by atoms with Crippen LogP contribution < -0.4 is 4.74 Å². The zero-order valence-corrected chi connectivity index (χ0v) is 17.8. The average Bonchev–Trinajstić information content (AvgIpc) is 3.50. The van der Waals surface area contributed by atoms with E-state index >= 15 is 0 Å². The van der Waals surface area contributed by atoms with Crippen LogP contribution in [0.1, 0.15) is 31.3 Å². The fraction of sp³-hybridized carbons (Fsp3) is 0.143. The summed E-state index contributed by atoms with van der Waals surface area (Å²) in [5, 5.41) is 17.2. The van der Waals surface area contributed by atoms with Crippen LogP contribution in [-0.4, -0.2) is 53.9 Å². The minimum atomic E-state index is -1.07. The maximum atomic E-state index is 12.5. The standard InChI is InChI=1S/C21H18N6O4S/c1-26(20(28)19-9-23-13-32-19)10-14-4-2-3-5-18(14)31-12-16-11-27(25-24-16)17-6-15(21(29)30)7-22-8-17/h2-9,11,13H,10,12H2,1H3,(H,29,30). The van der Waals surface area contributed by atoms with Gasteiger partial charge >= 0.3 is 5.97 Å². The summed E-state index contributed by atoms with van der Waals surface area (Å²) in [4.78, 5) is 33.7. The van der Waals surface area contributed by atoms with Gasteiger partial charge in [0.2, 0.25) is 0 Å². The van der Waals surface area contributed by atoms with Crippen molar-refractivity contribution in [2.45, 2.75) is 13.2 Å². The fourth-order valence-electron chi connectivity index (χ4n) is 2.92. The molecule has 32 heavy (non-hydrogen) atoms. The van der Waals surface area contributed by atoms with Crippen molar-refractivity contribution in [3.63, 3.8) is 0 Å². The quantitative estimate of drug-likeness (QED) is 0.435. The molecule has 1 amide bonds. The molecule has 0 bridgehead atoms. The molecule has 0 unspecified atom stereocenters. The van der Waals surface area contributed by atoms with Gasteiger partial charge in [0.05, 0.1) is 35.4 Å². The van der Waals surface area contributed by atoms with E-state index in [1.165, 1.54) is 34.5 Å². The van der Waals surface area contributed by atoms with Crippen molar-refractivity contribution in [1.29, 1.82) is 0 Å². The molecule has 0 fully saturated rings. The van der Waals surface area contributed by atoms with Gasteiger partial charge in [-0.3, -0.25) is 14.8 Å². The van der Waals surface area contributed by atoms with Crippen molar-refractivity contribution in [2.24, 2.45) is 0 Å². The summed E-state index contributed by atoms with van der Waals surface area (Å²) in [6, 6.07) is 8.91. The van der Waals surface area contributed by atoms with Crippen molar-refractivity contribution in [3.8, 4) is 11.4 Å². The molecule has 10 nitrogen and oxygen atoms in total. The molecule has 0 saturated carbocycles. The number of carbonyl (C=O) groups excluding carboxylic acids is 1. The number of hydrogen-bond donors (Lipinski definition) is 1. The van der Waals surface area contributed by atoms with Crippen molar-refractivity contribution in [3.05, 3.63) is 82.3 Å². The molecule has 0 spiro atoms. The number of carboxylic acids is 1. The van der Waals surface area contributed by atoms with Gasteiger partial charge in [0.1, 0.15) is 22.9 Å². The Kier molecular flexibility index (Phi) is 6.17. The Bertz CT molecular complexity index is 1240. The summed E-state index contributed by atoms with van der Waals surface area (Å²) >= 11 is 1.30. The topological polar surface area (TPSA) is 123 Å². The van der Waals surface area contributed by atoms with Crippen molar-refractivity contribution in [2.75, 3.05) is 7.05 Å². The number of pyridine rings is 1. The largest absolute Gasteiger partial charge is 0.487 e. The molecule has 0 radical (unpaired) electrons. The first-order chi connectivity index (χ1) is 15.5. The highest BCUT2D eigenvalue weighted by molar-refractivity contribution is 7.11. The number of benzene rings is 1. The van der Waals surface area contributed by atoms with Crippen LogP contribution in [0.4, 0.5) is 0 Å². The zero-order chi connectivity index (χ0) is 22.5. The van der Waals surface area contributed by atoms with E-state index in [2.05, 4.69) is 20.3 Å². The Morgan fingerprint density at radius 2 is 2.03 bits per heavy atom. The SMILES string of the molecule is CN(Cc1ccccc1OCc1cn(-c2cncc(C(=O)O)c2)nn1)C(=O)c1cncs1. The molecule has 3 aromatic heterocycles. The van der Waals surface area contributed by atoms with E-state index in [0.29, 0.717) is 28.6 Å². The lowest BCUT2D eigenvalue weighted by Gasteiger charge is -2.18. The van der Waals surface area contributed by atoms with Crippen molar-refractivity contribution >= 4 is 23.2 Å². The summed E-state index contributed by atoms with van der Waals surface area (Å²) in [7, 11) is 1.73. The van der Waals surface area contributed by atoms with Gasteiger partial charge in [-0.15, -0.1) is 16.4 Å². The zero-order valence-electron chi connectivity index (χ0n) is 17.0. The van der Waals surface area contributed by atoms with E-state index in [4.69, 9.17) is 9.84 Å². The van der Waals surface area contributed by atoms with E-state index in [1.54, 1.807) is 29.9 Å². The molecule has 4 aromatic rings. The number of carboxylic acid groups (broad SMARTS) is 1. The summed E-state index contributed by atoms with van der Waals surface area (Å²) in [6.45, 7) is 0.517. The molecule has 4 rings (SSSR count). The number of thiazole rings is 1. The monoisotopic (exact) mass is 450 g/mol. The number of aromatic nitrogens is 5. The third-order valence-electron chi connectivity index (χ3n) is 4.52. The second kappa shape index (κ2) is 9.35. The smallest absolute Gasteiger partial charge is 0.337 e. The second-order valence-corrected chi connectivity index (χ2v) is 7.70. The van der Waals surface area contributed by atoms with Gasteiger partial charge in [0.25, 0.3) is 5.91 Å². The van der Waals surface area contributed by atoms with Gasteiger partial charge in [-0.25, -0.2) is 9.48 Å². The van der Waals surface area contributed by atoms with Crippen LogP contribution in [0.3, 0.4) is 0 Å². The van der Waals surface area contributed by atoms with Gasteiger partial charge in [-0.05, 0) is 12.1 Å². The first-order valence-corrected chi connectivity index (χ1v) is 10.3. The molecular weight excluding hydrogens is 432 g/mol. The molecule has 0 aliphatic rings. The van der Waals surface area contributed by atoms with E-state index in [9.17, 15) is 9.59 Å². The summed E-state index contributed by atoms with van der Waals surface area (Å²) in [5.41, 5.74) is 3.56. The lowest BCUT2D eigenvalue weighted by atomic mass is 10.2. The predicted octanol–water partition coefficient (Wildman–Crippen LogP) is 2.67. The van der Waals surface area contributed by atoms with Crippen molar-refractivity contribution in [1.82, 2.24) is 29.9 Å². The van der Waals surface area contributed by atoms with Gasteiger partial charge in [0, 0.05) is 25.4 Å². The van der Waals surface area contributed by atoms with E-state index < -0.39 is 5.97 Å². The van der Waals surface area contributed by atoms with E-state index in [0.717, 1.165) is 5.56 Å². The molecule has 0 saturated heterocycles. The first kappa shape index (κ1) is 21.1. The molecule has 3 heterocycles. The Hall–Kier alpha value is -4.12.